The SMILES string of the molecule is CC(C)OC(=O)c1cccc(N2C(=O)C(Cl)=C(Nc3ccc(Cl)cc3)C2=O)c1. The van der Waals surface area contributed by atoms with Crippen molar-refractivity contribution in [3.63, 3.8) is 0 Å². The van der Waals surface area contributed by atoms with E-state index in [0.717, 1.165) is 4.90 Å². The molecule has 6 nitrogen and oxygen atoms in total. The number of halogens is 2. The van der Waals surface area contributed by atoms with E-state index in [9.17, 15) is 14.4 Å². The number of anilines is 2. The molecule has 8 heteroatoms. The monoisotopic (exact) mass is 418 g/mol. The molecule has 0 saturated carbocycles. The molecule has 1 heterocycles. The number of carbonyl (C=O) groups is 3. The van der Waals surface area contributed by atoms with Gasteiger partial charge in [-0.1, -0.05) is 29.3 Å². The fourth-order valence-corrected chi connectivity index (χ4v) is 2.92. The molecule has 144 valence electrons. The first-order chi connectivity index (χ1) is 13.3. The average Bonchev–Trinajstić information content (AvgIpc) is 2.86. The summed E-state index contributed by atoms with van der Waals surface area (Å²) in [6.45, 7) is 3.46. The highest BCUT2D eigenvalue weighted by molar-refractivity contribution is 6.53. The van der Waals surface area contributed by atoms with Crippen molar-refractivity contribution < 1.29 is 19.1 Å². The first-order valence-corrected chi connectivity index (χ1v) is 9.15. The summed E-state index contributed by atoms with van der Waals surface area (Å²) in [5.74, 6) is -1.86. The lowest BCUT2D eigenvalue weighted by molar-refractivity contribution is -0.120. The second-order valence-corrected chi connectivity index (χ2v) is 7.09. The molecule has 1 N–H and O–H groups in total. The van der Waals surface area contributed by atoms with Crippen LogP contribution in [0.1, 0.15) is 24.2 Å². The third-order valence-corrected chi connectivity index (χ3v) is 4.43. The molecule has 0 unspecified atom stereocenters. The summed E-state index contributed by atoms with van der Waals surface area (Å²) >= 11 is 12.0. The molecule has 1 aliphatic heterocycles. The van der Waals surface area contributed by atoms with Gasteiger partial charge in [-0.15, -0.1) is 0 Å². The van der Waals surface area contributed by atoms with E-state index >= 15 is 0 Å². The zero-order valence-corrected chi connectivity index (χ0v) is 16.5. The molecule has 1 aliphatic rings. The summed E-state index contributed by atoms with van der Waals surface area (Å²) in [7, 11) is 0. The number of amides is 2. The number of imide groups is 1. The zero-order chi connectivity index (χ0) is 20.4. The molecule has 2 aromatic rings. The van der Waals surface area contributed by atoms with Gasteiger partial charge in [0.2, 0.25) is 0 Å². The van der Waals surface area contributed by atoms with Crippen LogP contribution in [0.15, 0.2) is 59.3 Å². The molecule has 0 fully saturated rings. The molecule has 0 aromatic heterocycles. The molecule has 0 atom stereocenters. The number of ether oxygens (including phenoxy) is 1. The minimum atomic E-state index is -0.683. The Morgan fingerprint density at radius 1 is 1.04 bits per heavy atom. The van der Waals surface area contributed by atoms with Crippen molar-refractivity contribution in [2.45, 2.75) is 20.0 Å². The molecule has 3 rings (SSSR count). The highest BCUT2D eigenvalue weighted by atomic mass is 35.5. The maximum absolute atomic E-state index is 12.8. The molecule has 2 amide bonds. The second-order valence-electron chi connectivity index (χ2n) is 6.27. The number of nitrogens with zero attached hydrogens (tertiary/aromatic N) is 1. The van der Waals surface area contributed by atoms with Crippen molar-refractivity contribution in [2.24, 2.45) is 0 Å². The van der Waals surface area contributed by atoms with Gasteiger partial charge in [0.05, 0.1) is 17.4 Å². The van der Waals surface area contributed by atoms with Gasteiger partial charge in [-0.25, -0.2) is 9.69 Å². The number of hydrogen-bond donors (Lipinski definition) is 1. The summed E-state index contributed by atoms with van der Waals surface area (Å²) < 4.78 is 5.15. The standard InChI is InChI=1S/C20H16Cl2N2O4/c1-11(2)28-20(27)12-4-3-5-15(10-12)24-18(25)16(22)17(19(24)26)23-14-8-6-13(21)7-9-14/h3-11,23H,1-2H3. The Morgan fingerprint density at radius 3 is 2.36 bits per heavy atom. The van der Waals surface area contributed by atoms with Crippen molar-refractivity contribution in [1.29, 1.82) is 0 Å². The third kappa shape index (κ3) is 4.03. The highest BCUT2D eigenvalue weighted by Gasteiger charge is 2.39. The van der Waals surface area contributed by atoms with E-state index in [-0.39, 0.29) is 28.1 Å². The van der Waals surface area contributed by atoms with Gasteiger partial charge in [0.25, 0.3) is 11.8 Å². The van der Waals surface area contributed by atoms with Crippen LogP contribution in [0, 0.1) is 0 Å². The minimum absolute atomic E-state index is 0.0517. The lowest BCUT2D eigenvalue weighted by Gasteiger charge is -2.16. The van der Waals surface area contributed by atoms with E-state index in [2.05, 4.69) is 5.32 Å². The van der Waals surface area contributed by atoms with E-state index in [4.69, 9.17) is 27.9 Å². The summed E-state index contributed by atoms with van der Waals surface area (Å²) in [5, 5.41) is 3.14. The van der Waals surface area contributed by atoms with Crippen molar-refractivity contribution >= 4 is 52.4 Å². The average molecular weight is 419 g/mol. The van der Waals surface area contributed by atoms with Crippen LogP contribution in [0.3, 0.4) is 0 Å². The quantitative estimate of drug-likeness (QED) is 0.577. The van der Waals surface area contributed by atoms with Gasteiger partial charge in [-0.2, -0.15) is 0 Å². The van der Waals surface area contributed by atoms with Crippen LogP contribution in [-0.2, 0) is 14.3 Å². The van der Waals surface area contributed by atoms with Crippen LogP contribution >= 0.6 is 23.2 Å². The second kappa shape index (κ2) is 8.04. The summed E-state index contributed by atoms with van der Waals surface area (Å²) in [6.07, 6.45) is -0.294. The van der Waals surface area contributed by atoms with E-state index in [1.807, 2.05) is 0 Å². The predicted octanol–water partition coefficient (Wildman–Crippen LogP) is 4.34. The number of carbonyl (C=O) groups excluding carboxylic acids is 3. The number of nitrogens with one attached hydrogen (secondary N) is 1. The first-order valence-electron chi connectivity index (χ1n) is 8.40. The molecule has 28 heavy (non-hydrogen) atoms. The molecule has 0 bridgehead atoms. The fourth-order valence-electron chi connectivity index (χ4n) is 2.58. The third-order valence-electron chi connectivity index (χ3n) is 3.82. The van der Waals surface area contributed by atoms with Gasteiger partial charge in [-0.05, 0) is 56.3 Å². The van der Waals surface area contributed by atoms with Gasteiger partial charge < -0.3 is 10.1 Å². The van der Waals surface area contributed by atoms with Crippen LogP contribution < -0.4 is 10.2 Å². The van der Waals surface area contributed by atoms with Crippen molar-refractivity contribution in [1.82, 2.24) is 0 Å². The number of esters is 1. The Morgan fingerprint density at radius 2 is 1.71 bits per heavy atom. The first kappa shape index (κ1) is 19.9. The Kier molecular flexibility index (Phi) is 5.72. The lowest BCUT2D eigenvalue weighted by Crippen LogP contribution is -2.32. The van der Waals surface area contributed by atoms with Crippen LogP contribution in [-0.4, -0.2) is 23.9 Å². The summed E-state index contributed by atoms with van der Waals surface area (Å²) in [4.78, 5) is 38.4. The van der Waals surface area contributed by atoms with Gasteiger partial charge in [-0.3, -0.25) is 9.59 Å². The molecule has 0 saturated heterocycles. The zero-order valence-electron chi connectivity index (χ0n) is 15.0. The topological polar surface area (TPSA) is 75.7 Å². The molecular formula is C20H16Cl2N2O4. The smallest absolute Gasteiger partial charge is 0.338 e. The van der Waals surface area contributed by atoms with E-state index in [1.165, 1.54) is 12.1 Å². The Hall–Kier alpha value is -2.83. The van der Waals surface area contributed by atoms with Gasteiger partial charge in [0, 0.05) is 10.7 Å². The van der Waals surface area contributed by atoms with Crippen molar-refractivity contribution in [3.8, 4) is 0 Å². The predicted molar refractivity (Wildman–Crippen MR) is 107 cm³/mol. The van der Waals surface area contributed by atoms with Crippen LogP contribution in [0.4, 0.5) is 11.4 Å². The van der Waals surface area contributed by atoms with E-state index in [0.29, 0.717) is 10.7 Å². The Labute approximate surface area is 171 Å². The summed E-state index contributed by atoms with van der Waals surface area (Å²) in [5.41, 5.74) is 0.945. The van der Waals surface area contributed by atoms with Crippen LogP contribution in [0.25, 0.3) is 0 Å². The minimum Gasteiger partial charge on any atom is -0.459 e. The molecular weight excluding hydrogens is 403 g/mol. The number of hydrogen-bond acceptors (Lipinski definition) is 5. The molecule has 2 aromatic carbocycles. The van der Waals surface area contributed by atoms with Gasteiger partial charge >= 0.3 is 5.97 Å². The number of benzene rings is 2. The van der Waals surface area contributed by atoms with Crippen LogP contribution in [0.2, 0.25) is 5.02 Å². The molecule has 0 aliphatic carbocycles. The Bertz CT molecular complexity index is 984. The summed E-state index contributed by atoms with van der Waals surface area (Å²) in [6, 6.07) is 12.6. The number of rotatable bonds is 5. The maximum atomic E-state index is 12.8. The largest absolute Gasteiger partial charge is 0.459 e. The molecule has 0 radical (unpaired) electrons. The van der Waals surface area contributed by atoms with Gasteiger partial charge in [0.15, 0.2) is 0 Å². The highest BCUT2D eigenvalue weighted by Crippen LogP contribution is 2.31. The van der Waals surface area contributed by atoms with Crippen molar-refractivity contribution in [3.05, 3.63) is 69.8 Å². The van der Waals surface area contributed by atoms with E-state index < -0.39 is 17.8 Å². The van der Waals surface area contributed by atoms with E-state index in [1.54, 1.807) is 50.2 Å². The van der Waals surface area contributed by atoms with Gasteiger partial charge in [0.1, 0.15) is 10.7 Å². The van der Waals surface area contributed by atoms with Crippen LogP contribution in [0.5, 0.6) is 0 Å². The molecule has 0 spiro atoms. The lowest BCUT2D eigenvalue weighted by atomic mass is 10.2. The van der Waals surface area contributed by atoms with Crippen molar-refractivity contribution in [2.75, 3.05) is 10.2 Å². The Balaban J connectivity index is 1.87. The fraction of sp³-hybridized carbons (Fsp3) is 0.150. The normalized spacial score (nSPS) is 14.1. The maximum Gasteiger partial charge on any atom is 0.338 e.